The second-order valence-corrected chi connectivity index (χ2v) is 5.17. The Morgan fingerprint density at radius 1 is 1.20 bits per heavy atom. The minimum atomic E-state index is 0.332. The fourth-order valence-corrected chi connectivity index (χ4v) is 2.52. The van der Waals surface area contributed by atoms with Gasteiger partial charge in [0.25, 0.3) is 0 Å². The lowest BCUT2D eigenvalue weighted by atomic mass is 9.77. The number of nitrogens with zero attached hydrogens (tertiary/aromatic N) is 2. The third kappa shape index (κ3) is 2.87. The molecule has 0 atom stereocenters. The lowest BCUT2D eigenvalue weighted by Gasteiger charge is -2.35. The molecule has 0 radical (unpaired) electrons. The molecule has 20 heavy (non-hydrogen) atoms. The molecule has 1 aliphatic carbocycles. The molecule has 1 saturated carbocycles. The summed E-state index contributed by atoms with van der Waals surface area (Å²) in [5, 5.41) is 8.86. The third-order valence-electron chi connectivity index (χ3n) is 3.79. The molecule has 0 amide bonds. The maximum atomic E-state index is 8.86. The Morgan fingerprint density at radius 3 is 2.75 bits per heavy atom. The van der Waals surface area contributed by atoms with E-state index < -0.39 is 0 Å². The molecule has 3 rings (SSSR count). The number of ether oxygens (including phenoxy) is 1. The predicted molar refractivity (Wildman–Crippen MR) is 75.9 cm³/mol. The highest BCUT2D eigenvalue weighted by molar-refractivity contribution is 5.29. The van der Waals surface area contributed by atoms with Crippen LogP contribution in [0.4, 0.5) is 0 Å². The molecule has 1 aromatic heterocycles. The van der Waals surface area contributed by atoms with Crippen molar-refractivity contribution >= 4 is 0 Å². The average molecular weight is 264 g/mol. The quantitative estimate of drug-likeness (QED) is 0.850. The van der Waals surface area contributed by atoms with Crippen LogP contribution in [0.25, 0.3) is 0 Å². The van der Waals surface area contributed by atoms with Crippen LogP contribution in [0.15, 0.2) is 48.7 Å². The van der Waals surface area contributed by atoms with Crippen molar-refractivity contribution in [2.45, 2.75) is 31.5 Å². The lowest BCUT2D eigenvalue weighted by molar-refractivity contribution is -0.0207. The Labute approximate surface area is 118 Å². The molecule has 3 nitrogen and oxygen atoms in total. The smallest absolute Gasteiger partial charge is 0.140 e. The first kappa shape index (κ1) is 12.8. The maximum absolute atomic E-state index is 8.86. The lowest BCUT2D eigenvalue weighted by Crippen LogP contribution is -2.29. The van der Waals surface area contributed by atoms with Crippen LogP contribution in [0, 0.1) is 11.3 Å². The number of nitriles is 1. The largest absolute Gasteiger partial charge is 0.373 e. The van der Waals surface area contributed by atoms with Gasteiger partial charge in [0.1, 0.15) is 11.8 Å². The van der Waals surface area contributed by atoms with Gasteiger partial charge in [-0.05, 0) is 42.0 Å². The van der Waals surface area contributed by atoms with Gasteiger partial charge in [-0.2, -0.15) is 5.26 Å². The van der Waals surface area contributed by atoms with Gasteiger partial charge in [0.2, 0.25) is 0 Å². The zero-order valence-electron chi connectivity index (χ0n) is 11.2. The van der Waals surface area contributed by atoms with Crippen molar-refractivity contribution in [1.82, 2.24) is 4.98 Å². The van der Waals surface area contributed by atoms with Gasteiger partial charge in [-0.15, -0.1) is 0 Å². The van der Waals surface area contributed by atoms with E-state index in [9.17, 15) is 0 Å². The highest BCUT2D eigenvalue weighted by Gasteiger charge is 2.31. The van der Waals surface area contributed by atoms with Crippen LogP contribution >= 0.6 is 0 Å². The molecule has 0 aliphatic heterocycles. The van der Waals surface area contributed by atoms with Crippen molar-refractivity contribution in [3.05, 3.63) is 65.5 Å². The molecule has 100 valence electrons. The molecule has 1 aliphatic rings. The number of benzene rings is 1. The van der Waals surface area contributed by atoms with Crippen molar-refractivity contribution in [2.24, 2.45) is 0 Å². The summed E-state index contributed by atoms with van der Waals surface area (Å²) in [7, 11) is 0. The summed E-state index contributed by atoms with van der Waals surface area (Å²) in [5.74, 6) is 0.505. The van der Waals surface area contributed by atoms with Gasteiger partial charge in [-0.1, -0.05) is 30.3 Å². The molecule has 2 aromatic rings. The Hall–Kier alpha value is -2.18. The highest BCUT2D eigenvalue weighted by Crippen LogP contribution is 2.39. The molecule has 1 aromatic carbocycles. The van der Waals surface area contributed by atoms with E-state index in [0.29, 0.717) is 24.3 Å². The Morgan fingerprint density at radius 2 is 2.00 bits per heavy atom. The van der Waals surface area contributed by atoms with Crippen LogP contribution in [0.5, 0.6) is 0 Å². The van der Waals surface area contributed by atoms with Crippen LogP contribution < -0.4 is 0 Å². The highest BCUT2D eigenvalue weighted by atomic mass is 16.5. The second kappa shape index (κ2) is 5.85. The number of pyridine rings is 1. The summed E-state index contributed by atoms with van der Waals surface area (Å²) in [5.41, 5.74) is 2.92. The summed E-state index contributed by atoms with van der Waals surface area (Å²) in [6.45, 7) is 0.679. The standard InChI is InChI=1S/C17H16N2O/c18-11-16-8-14(6-7-19-16)15-9-17(10-15)20-12-13-4-2-1-3-5-13/h1-8,15,17H,9-10,12H2. The Balaban J connectivity index is 1.50. The third-order valence-corrected chi connectivity index (χ3v) is 3.79. The summed E-state index contributed by atoms with van der Waals surface area (Å²) >= 11 is 0. The van der Waals surface area contributed by atoms with E-state index >= 15 is 0 Å². The fourth-order valence-electron chi connectivity index (χ4n) is 2.52. The van der Waals surface area contributed by atoms with Gasteiger partial charge < -0.3 is 4.74 Å². The molecule has 0 N–H and O–H groups in total. The molecular formula is C17H16N2O. The minimum absolute atomic E-state index is 0.332. The van der Waals surface area contributed by atoms with Gasteiger partial charge >= 0.3 is 0 Å². The number of hydrogen-bond acceptors (Lipinski definition) is 3. The minimum Gasteiger partial charge on any atom is -0.373 e. The Bertz CT molecular complexity index is 612. The average Bonchev–Trinajstić information content (AvgIpc) is 2.47. The summed E-state index contributed by atoms with van der Waals surface area (Å²) in [4.78, 5) is 4.00. The first-order valence-corrected chi connectivity index (χ1v) is 6.87. The zero-order valence-corrected chi connectivity index (χ0v) is 11.2. The summed E-state index contributed by atoms with van der Waals surface area (Å²) in [6, 6.07) is 16.2. The van der Waals surface area contributed by atoms with Crippen LogP contribution in [0.3, 0.4) is 0 Å². The first-order chi connectivity index (χ1) is 9.85. The van der Waals surface area contributed by atoms with Crippen molar-refractivity contribution in [3.63, 3.8) is 0 Å². The van der Waals surface area contributed by atoms with Crippen molar-refractivity contribution in [3.8, 4) is 6.07 Å². The summed E-state index contributed by atoms with van der Waals surface area (Å²) < 4.78 is 5.89. The van der Waals surface area contributed by atoms with Crippen LogP contribution in [-0.2, 0) is 11.3 Å². The molecule has 0 unspecified atom stereocenters. The van der Waals surface area contributed by atoms with E-state index in [-0.39, 0.29) is 0 Å². The van der Waals surface area contributed by atoms with Crippen LogP contribution in [-0.4, -0.2) is 11.1 Å². The van der Waals surface area contributed by atoms with Crippen molar-refractivity contribution in [2.75, 3.05) is 0 Å². The SMILES string of the molecule is N#Cc1cc(C2CC(OCc3ccccc3)C2)ccn1. The molecule has 1 fully saturated rings. The molecule has 1 heterocycles. The van der Waals surface area contributed by atoms with Crippen LogP contribution in [0.1, 0.15) is 35.6 Å². The van der Waals surface area contributed by atoms with Gasteiger partial charge in [0.15, 0.2) is 0 Å². The second-order valence-electron chi connectivity index (χ2n) is 5.17. The van der Waals surface area contributed by atoms with Gasteiger partial charge in [-0.25, -0.2) is 4.98 Å². The van der Waals surface area contributed by atoms with Gasteiger partial charge in [0.05, 0.1) is 12.7 Å². The van der Waals surface area contributed by atoms with E-state index in [0.717, 1.165) is 12.8 Å². The summed E-state index contributed by atoms with van der Waals surface area (Å²) in [6.07, 6.45) is 4.11. The van der Waals surface area contributed by atoms with E-state index in [1.165, 1.54) is 11.1 Å². The van der Waals surface area contributed by atoms with Crippen molar-refractivity contribution < 1.29 is 4.74 Å². The van der Waals surface area contributed by atoms with Gasteiger partial charge in [-0.3, -0.25) is 0 Å². The molecular weight excluding hydrogens is 248 g/mol. The number of rotatable bonds is 4. The van der Waals surface area contributed by atoms with Gasteiger partial charge in [0, 0.05) is 6.20 Å². The topological polar surface area (TPSA) is 45.9 Å². The van der Waals surface area contributed by atoms with E-state index in [1.54, 1.807) is 6.20 Å². The first-order valence-electron chi connectivity index (χ1n) is 6.87. The molecule has 0 bridgehead atoms. The molecule has 3 heteroatoms. The number of aromatic nitrogens is 1. The van der Waals surface area contributed by atoms with Crippen LogP contribution in [0.2, 0.25) is 0 Å². The van der Waals surface area contributed by atoms with E-state index in [2.05, 4.69) is 23.2 Å². The predicted octanol–water partition coefficient (Wildman–Crippen LogP) is 3.42. The van der Waals surface area contributed by atoms with E-state index in [1.807, 2.05) is 30.3 Å². The van der Waals surface area contributed by atoms with E-state index in [4.69, 9.17) is 10.00 Å². The fraction of sp³-hybridized carbons (Fsp3) is 0.294. The Kier molecular flexibility index (Phi) is 3.76. The number of hydrogen-bond donors (Lipinski definition) is 0. The maximum Gasteiger partial charge on any atom is 0.140 e. The molecule has 0 saturated heterocycles. The van der Waals surface area contributed by atoms with Crippen molar-refractivity contribution in [1.29, 1.82) is 5.26 Å². The zero-order chi connectivity index (χ0) is 13.8. The molecule has 0 spiro atoms. The normalized spacial score (nSPS) is 20.9. The monoisotopic (exact) mass is 264 g/mol.